The molecule has 2 fully saturated rings. The van der Waals surface area contributed by atoms with Crippen molar-refractivity contribution in [2.45, 2.75) is 44.6 Å². The quantitative estimate of drug-likeness (QED) is 0.892. The molecular formula is C18H28N2. The van der Waals surface area contributed by atoms with Crippen molar-refractivity contribution in [3.8, 4) is 0 Å². The third kappa shape index (κ3) is 3.62. The average Bonchev–Trinajstić information content (AvgIpc) is 3.27. The van der Waals surface area contributed by atoms with Gasteiger partial charge in [0.15, 0.2) is 0 Å². The van der Waals surface area contributed by atoms with Gasteiger partial charge in [-0.3, -0.25) is 0 Å². The Morgan fingerprint density at radius 3 is 2.35 bits per heavy atom. The molecule has 1 unspecified atom stereocenters. The van der Waals surface area contributed by atoms with Crippen LogP contribution in [0, 0.1) is 11.8 Å². The van der Waals surface area contributed by atoms with Gasteiger partial charge in [-0.2, -0.15) is 0 Å². The monoisotopic (exact) mass is 272 g/mol. The summed E-state index contributed by atoms with van der Waals surface area (Å²) in [6, 6.07) is 10.9. The number of rotatable bonds is 5. The molecule has 2 aliphatic rings. The summed E-state index contributed by atoms with van der Waals surface area (Å²) >= 11 is 0. The van der Waals surface area contributed by atoms with Crippen molar-refractivity contribution in [2.24, 2.45) is 17.6 Å². The van der Waals surface area contributed by atoms with E-state index in [1.807, 2.05) is 0 Å². The van der Waals surface area contributed by atoms with Crippen molar-refractivity contribution in [3.05, 3.63) is 35.9 Å². The Kier molecular flexibility index (Phi) is 4.13. The molecule has 1 atom stereocenters. The lowest BCUT2D eigenvalue weighted by Crippen LogP contribution is -2.51. The first-order valence-electron chi connectivity index (χ1n) is 8.19. The second-order valence-corrected chi connectivity index (χ2v) is 7.19. The average molecular weight is 272 g/mol. The van der Waals surface area contributed by atoms with E-state index in [0.717, 1.165) is 18.4 Å². The lowest BCUT2D eigenvalue weighted by molar-refractivity contribution is 0.145. The lowest BCUT2D eigenvalue weighted by atomic mass is 9.88. The van der Waals surface area contributed by atoms with Gasteiger partial charge in [0.2, 0.25) is 0 Å². The van der Waals surface area contributed by atoms with Crippen molar-refractivity contribution >= 4 is 0 Å². The molecule has 2 N–H and O–H groups in total. The number of benzene rings is 1. The molecule has 0 spiro atoms. The van der Waals surface area contributed by atoms with Crippen molar-refractivity contribution in [3.63, 3.8) is 0 Å². The van der Waals surface area contributed by atoms with Crippen molar-refractivity contribution in [1.29, 1.82) is 0 Å². The molecular weight excluding hydrogens is 244 g/mol. The van der Waals surface area contributed by atoms with Gasteiger partial charge in [-0.25, -0.2) is 0 Å². The van der Waals surface area contributed by atoms with Gasteiger partial charge in [-0.15, -0.1) is 0 Å². The van der Waals surface area contributed by atoms with Crippen LogP contribution < -0.4 is 5.73 Å². The molecule has 20 heavy (non-hydrogen) atoms. The number of hydrogen-bond acceptors (Lipinski definition) is 2. The largest absolute Gasteiger partial charge is 0.324 e. The molecule has 0 bridgehead atoms. The molecule has 110 valence electrons. The first-order valence-corrected chi connectivity index (χ1v) is 8.19. The summed E-state index contributed by atoms with van der Waals surface area (Å²) in [7, 11) is 0. The second kappa shape index (κ2) is 5.87. The van der Waals surface area contributed by atoms with Crippen molar-refractivity contribution < 1.29 is 0 Å². The lowest BCUT2D eigenvalue weighted by Gasteiger charge is -2.37. The Morgan fingerprint density at radius 1 is 1.10 bits per heavy atom. The molecule has 1 aromatic carbocycles. The molecule has 1 saturated heterocycles. The summed E-state index contributed by atoms with van der Waals surface area (Å²) in [5.41, 5.74) is 8.01. The van der Waals surface area contributed by atoms with Crippen LogP contribution in [0.1, 0.15) is 38.2 Å². The molecule has 0 aromatic heterocycles. The van der Waals surface area contributed by atoms with Gasteiger partial charge in [-0.05, 0) is 69.5 Å². The van der Waals surface area contributed by atoms with Crippen LogP contribution in [0.4, 0.5) is 0 Å². The van der Waals surface area contributed by atoms with Crippen LogP contribution in [0.3, 0.4) is 0 Å². The summed E-state index contributed by atoms with van der Waals surface area (Å²) in [5.74, 6) is 1.64. The Morgan fingerprint density at radius 2 is 1.75 bits per heavy atom. The highest BCUT2D eigenvalue weighted by Crippen LogP contribution is 2.38. The van der Waals surface area contributed by atoms with Crippen LogP contribution >= 0.6 is 0 Å². The zero-order chi connectivity index (χ0) is 14.0. The van der Waals surface area contributed by atoms with Gasteiger partial charge >= 0.3 is 0 Å². The predicted octanol–water partition coefficient (Wildman–Crippen LogP) is 3.07. The van der Waals surface area contributed by atoms with Crippen LogP contribution in [0.5, 0.6) is 0 Å². The van der Waals surface area contributed by atoms with Gasteiger partial charge in [0.25, 0.3) is 0 Å². The summed E-state index contributed by atoms with van der Waals surface area (Å²) in [6.45, 7) is 5.81. The number of nitrogens with two attached hydrogens (primary N) is 1. The molecule has 1 aromatic rings. The van der Waals surface area contributed by atoms with Crippen molar-refractivity contribution in [2.75, 3.05) is 19.6 Å². The maximum Gasteiger partial charge on any atom is 0.0283 e. The van der Waals surface area contributed by atoms with Gasteiger partial charge < -0.3 is 10.6 Å². The summed E-state index contributed by atoms with van der Waals surface area (Å²) in [4.78, 5) is 2.60. The van der Waals surface area contributed by atoms with Gasteiger partial charge in [0.1, 0.15) is 0 Å². The van der Waals surface area contributed by atoms with E-state index < -0.39 is 0 Å². The summed E-state index contributed by atoms with van der Waals surface area (Å²) < 4.78 is 0. The van der Waals surface area contributed by atoms with E-state index in [-0.39, 0.29) is 5.54 Å². The van der Waals surface area contributed by atoms with Crippen LogP contribution in [-0.4, -0.2) is 30.1 Å². The number of piperidine rings is 1. The third-order valence-corrected chi connectivity index (χ3v) is 5.15. The van der Waals surface area contributed by atoms with E-state index in [9.17, 15) is 0 Å². The normalized spacial score (nSPS) is 24.5. The minimum absolute atomic E-state index is 0.0479. The molecule has 1 heterocycles. The number of likely N-dealkylation sites (tertiary alicyclic amines) is 1. The van der Waals surface area contributed by atoms with Gasteiger partial charge in [-0.1, -0.05) is 30.3 Å². The van der Waals surface area contributed by atoms with Crippen LogP contribution in [0.15, 0.2) is 30.3 Å². The third-order valence-electron chi connectivity index (χ3n) is 5.15. The smallest absolute Gasteiger partial charge is 0.0283 e. The first kappa shape index (κ1) is 14.1. The zero-order valence-electron chi connectivity index (χ0n) is 12.7. The number of nitrogens with zero attached hydrogens (tertiary/aromatic N) is 1. The highest BCUT2D eigenvalue weighted by molar-refractivity contribution is 5.15. The number of hydrogen-bond donors (Lipinski definition) is 1. The maximum atomic E-state index is 6.47. The molecule has 2 nitrogen and oxygen atoms in total. The fourth-order valence-corrected chi connectivity index (χ4v) is 3.65. The highest BCUT2D eigenvalue weighted by Gasteiger charge is 2.39. The van der Waals surface area contributed by atoms with E-state index in [4.69, 9.17) is 5.73 Å². The standard InChI is InChI=1S/C18H28N2/c1-18(19,17-7-8-17)14-20-11-9-16(10-12-20)13-15-5-3-2-4-6-15/h2-6,16-17H,7-14,19H2,1H3. The molecule has 0 amide bonds. The van der Waals surface area contributed by atoms with E-state index in [0.29, 0.717) is 0 Å². The molecule has 1 aliphatic heterocycles. The van der Waals surface area contributed by atoms with E-state index in [1.165, 1.54) is 50.8 Å². The first-order chi connectivity index (χ1) is 9.63. The fourth-order valence-electron chi connectivity index (χ4n) is 3.65. The maximum absolute atomic E-state index is 6.47. The SMILES string of the molecule is CC(N)(CN1CCC(Cc2ccccc2)CC1)C1CC1. The van der Waals surface area contributed by atoms with E-state index in [2.05, 4.69) is 42.2 Å². The topological polar surface area (TPSA) is 29.3 Å². The molecule has 0 radical (unpaired) electrons. The van der Waals surface area contributed by atoms with Gasteiger partial charge in [0.05, 0.1) is 0 Å². The molecule has 1 saturated carbocycles. The Bertz CT molecular complexity index is 414. The van der Waals surface area contributed by atoms with Gasteiger partial charge in [0, 0.05) is 12.1 Å². The Balaban J connectivity index is 1.45. The minimum Gasteiger partial charge on any atom is -0.324 e. The fraction of sp³-hybridized carbons (Fsp3) is 0.667. The Labute approximate surface area is 123 Å². The van der Waals surface area contributed by atoms with Crippen LogP contribution in [-0.2, 0) is 6.42 Å². The summed E-state index contributed by atoms with van der Waals surface area (Å²) in [5, 5.41) is 0. The zero-order valence-corrected chi connectivity index (χ0v) is 12.7. The molecule has 2 heteroatoms. The van der Waals surface area contributed by atoms with Crippen molar-refractivity contribution in [1.82, 2.24) is 4.90 Å². The van der Waals surface area contributed by atoms with E-state index in [1.54, 1.807) is 0 Å². The molecule has 1 aliphatic carbocycles. The molecule has 3 rings (SSSR count). The minimum atomic E-state index is 0.0479. The predicted molar refractivity (Wildman–Crippen MR) is 84.6 cm³/mol. The second-order valence-electron chi connectivity index (χ2n) is 7.19. The van der Waals surface area contributed by atoms with Crippen LogP contribution in [0.25, 0.3) is 0 Å². The van der Waals surface area contributed by atoms with Crippen LogP contribution in [0.2, 0.25) is 0 Å². The van der Waals surface area contributed by atoms with E-state index >= 15 is 0 Å². The Hall–Kier alpha value is -0.860. The summed E-state index contributed by atoms with van der Waals surface area (Å²) in [6.07, 6.45) is 6.59. The highest BCUT2D eigenvalue weighted by atomic mass is 15.2.